The number of para-hydroxylation sites is 1. The monoisotopic (exact) mass is 375 g/mol. The molecule has 0 saturated heterocycles. The van der Waals surface area contributed by atoms with Gasteiger partial charge >= 0.3 is 0 Å². The molecule has 3 aromatic rings. The summed E-state index contributed by atoms with van der Waals surface area (Å²) in [4.78, 5) is 29.5. The van der Waals surface area contributed by atoms with Gasteiger partial charge < -0.3 is 5.32 Å². The lowest BCUT2D eigenvalue weighted by molar-refractivity contribution is -0.116. The molecule has 5 nitrogen and oxygen atoms in total. The van der Waals surface area contributed by atoms with E-state index >= 15 is 0 Å². The Morgan fingerprint density at radius 3 is 2.64 bits per heavy atom. The number of fused-ring (bicyclic) bond motifs is 1. The van der Waals surface area contributed by atoms with Crippen LogP contribution in [0.4, 0.5) is 5.69 Å². The number of benzene rings is 2. The third kappa shape index (κ3) is 3.67. The molecule has 0 aliphatic heterocycles. The van der Waals surface area contributed by atoms with E-state index in [0.29, 0.717) is 38.9 Å². The van der Waals surface area contributed by atoms with Gasteiger partial charge in [-0.05, 0) is 30.3 Å². The molecule has 0 aliphatic carbocycles. The van der Waals surface area contributed by atoms with Gasteiger partial charge in [-0.2, -0.15) is 0 Å². The molecule has 0 spiro atoms. The zero-order valence-corrected chi connectivity index (χ0v) is 14.9. The van der Waals surface area contributed by atoms with Gasteiger partial charge in [0.2, 0.25) is 5.91 Å². The number of aryl methyl sites for hydroxylation is 1. The van der Waals surface area contributed by atoms with Crippen molar-refractivity contribution in [3.05, 3.63) is 68.7 Å². The lowest BCUT2D eigenvalue weighted by Gasteiger charge is -2.13. The molecule has 128 valence electrons. The highest BCUT2D eigenvalue weighted by atomic mass is 35.5. The first kappa shape index (κ1) is 17.5. The average Bonchev–Trinajstić information content (AvgIpc) is 2.60. The van der Waals surface area contributed by atoms with Crippen LogP contribution < -0.4 is 10.9 Å². The van der Waals surface area contributed by atoms with Crippen molar-refractivity contribution in [3.63, 3.8) is 0 Å². The van der Waals surface area contributed by atoms with Crippen molar-refractivity contribution in [2.24, 2.45) is 0 Å². The number of hydrogen-bond acceptors (Lipinski definition) is 3. The number of nitrogens with one attached hydrogen (secondary N) is 1. The van der Waals surface area contributed by atoms with E-state index in [1.807, 2.05) is 13.0 Å². The Bertz CT molecular complexity index is 1010. The molecule has 1 N–H and O–H groups in total. The zero-order chi connectivity index (χ0) is 18.0. The molecule has 3 rings (SSSR count). The first-order chi connectivity index (χ1) is 12.0. The fraction of sp³-hybridized carbons (Fsp3) is 0.167. The highest BCUT2D eigenvalue weighted by molar-refractivity contribution is 6.42. The maximum Gasteiger partial charge on any atom is 0.261 e. The summed E-state index contributed by atoms with van der Waals surface area (Å²) in [6.07, 6.45) is 0.542. The molecule has 0 bridgehead atoms. The predicted octanol–water partition coefficient (Wildman–Crippen LogP) is 3.90. The fourth-order valence-electron chi connectivity index (χ4n) is 2.56. The zero-order valence-electron chi connectivity index (χ0n) is 13.4. The highest BCUT2D eigenvalue weighted by Crippen LogP contribution is 2.25. The lowest BCUT2D eigenvalue weighted by atomic mass is 10.2. The number of hydrogen-bond donors (Lipinski definition) is 1. The van der Waals surface area contributed by atoms with Crippen LogP contribution in [-0.2, 0) is 17.8 Å². The second-order valence-corrected chi connectivity index (χ2v) is 6.28. The molecule has 0 unspecified atom stereocenters. The maximum atomic E-state index is 12.7. The second kappa shape index (κ2) is 7.25. The molecule has 1 amide bonds. The summed E-state index contributed by atoms with van der Waals surface area (Å²) < 4.78 is 1.40. The van der Waals surface area contributed by atoms with Gasteiger partial charge in [-0.1, -0.05) is 42.3 Å². The quantitative estimate of drug-likeness (QED) is 0.751. The molecule has 0 atom stereocenters. The van der Waals surface area contributed by atoms with E-state index in [-0.39, 0.29) is 18.0 Å². The van der Waals surface area contributed by atoms with Crippen LogP contribution in [0, 0.1) is 0 Å². The van der Waals surface area contributed by atoms with Gasteiger partial charge in [0.15, 0.2) is 0 Å². The van der Waals surface area contributed by atoms with Crippen LogP contribution in [0.5, 0.6) is 0 Å². The minimum absolute atomic E-state index is 0.125. The third-order valence-corrected chi connectivity index (χ3v) is 4.50. The summed E-state index contributed by atoms with van der Waals surface area (Å²) in [5.41, 5.74) is 0.913. The van der Waals surface area contributed by atoms with Crippen LogP contribution in [0.2, 0.25) is 10.0 Å². The van der Waals surface area contributed by atoms with Crippen molar-refractivity contribution < 1.29 is 4.79 Å². The number of nitrogens with zero attached hydrogens (tertiary/aromatic N) is 2. The Kier molecular flexibility index (Phi) is 5.06. The molecule has 0 fully saturated rings. The first-order valence-corrected chi connectivity index (χ1v) is 8.48. The number of rotatable bonds is 4. The van der Waals surface area contributed by atoms with Crippen LogP contribution in [0.15, 0.2) is 47.3 Å². The summed E-state index contributed by atoms with van der Waals surface area (Å²) in [7, 11) is 0. The Labute approximate surface area is 154 Å². The maximum absolute atomic E-state index is 12.7. The van der Waals surface area contributed by atoms with Crippen molar-refractivity contribution >= 4 is 45.7 Å². The van der Waals surface area contributed by atoms with E-state index in [1.165, 1.54) is 4.57 Å². The van der Waals surface area contributed by atoms with Crippen molar-refractivity contribution in [1.82, 2.24) is 9.55 Å². The number of amides is 1. The van der Waals surface area contributed by atoms with Crippen LogP contribution in [-0.4, -0.2) is 15.5 Å². The van der Waals surface area contributed by atoms with Gasteiger partial charge in [0, 0.05) is 12.1 Å². The summed E-state index contributed by atoms with van der Waals surface area (Å²) in [6.45, 7) is 1.77. The Hall–Kier alpha value is -2.37. The average molecular weight is 376 g/mol. The summed E-state index contributed by atoms with van der Waals surface area (Å²) in [5, 5.41) is 3.95. The van der Waals surface area contributed by atoms with E-state index in [9.17, 15) is 9.59 Å². The Morgan fingerprint density at radius 1 is 1.16 bits per heavy atom. The molecule has 0 saturated carbocycles. The van der Waals surface area contributed by atoms with Crippen molar-refractivity contribution in [2.45, 2.75) is 19.9 Å². The molecule has 25 heavy (non-hydrogen) atoms. The van der Waals surface area contributed by atoms with Crippen LogP contribution in [0.1, 0.15) is 12.7 Å². The molecular weight excluding hydrogens is 361 g/mol. The Balaban J connectivity index is 1.91. The Morgan fingerprint density at radius 2 is 1.92 bits per heavy atom. The molecular formula is C18H15Cl2N3O2. The lowest BCUT2D eigenvalue weighted by Crippen LogP contribution is -2.31. The largest absolute Gasteiger partial charge is 0.324 e. The number of carbonyl (C=O) groups is 1. The van der Waals surface area contributed by atoms with Gasteiger partial charge in [0.05, 0.1) is 20.9 Å². The van der Waals surface area contributed by atoms with E-state index in [0.717, 1.165) is 0 Å². The summed E-state index contributed by atoms with van der Waals surface area (Å²) >= 11 is 11.8. The molecule has 0 aliphatic rings. The van der Waals surface area contributed by atoms with Crippen LogP contribution in [0.25, 0.3) is 10.9 Å². The van der Waals surface area contributed by atoms with E-state index in [4.69, 9.17) is 23.2 Å². The second-order valence-electron chi connectivity index (χ2n) is 5.47. The van der Waals surface area contributed by atoms with Gasteiger partial charge in [0.1, 0.15) is 12.4 Å². The minimum atomic E-state index is -0.340. The van der Waals surface area contributed by atoms with Crippen molar-refractivity contribution in [3.8, 4) is 0 Å². The van der Waals surface area contributed by atoms with Gasteiger partial charge in [-0.15, -0.1) is 0 Å². The SMILES string of the molecule is CCc1nc2ccccc2c(=O)n1CC(=O)Nc1ccc(Cl)c(Cl)c1. The third-order valence-electron chi connectivity index (χ3n) is 3.76. The van der Waals surface area contributed by atoms with Gasteiger partial charge in [0.25, 0.3) is 5.56 Å². The number of aromatic nitrogens is 2. The van der Waals surface area contributed by atoms with Gasteiger partial charge in [-0.3, -0.25) is 14.2 Å². The van der Waals surface area contributed by atoms with Gasteiger partial charge in [-0.25, -0.2) is 4.98 Å². The van der Waals surface area contributed by atoms with Crippen LogP contribution >= 0.6 is 23.2 Å². The highest BCUT2D eigenvalue weighted by Gasteiger charge is 2.13. The standard InChI is InChI=1S/C18H15Cl2N3O2/c1-2-16-22-15-6-4-3-5-12(15)18(25)23(16)10-17(24)21-11-7-8-13(19)14(20)9-11/h3-9H,2,10H2,1H3,(H,21,24). The number of carbonyl (C=O) groups excluding carboxylic acids is 1. The van der Waals surface area contributed by atoms with Crippen molar-refractivity contribution in [1.29, 1.82) is 0 Å². The predicted molar refractivity (Wildman–Crippen MR) is 100 cm³/mol. The van der Waals surface area contributed by atoms with E-state index < -0.39 is 0 Å². The van der Waals surface area contributed by atoms with E-state index in [1.54, 1.807) is 36.4 Å². The molecule has 2 aromatic carbocycles. The van der Waals surface area contributed by atoms with Crippen LogP contribution in [0.3, 0.4) is 0 Å². The van der Waals surface area contributed by atoms with E-state index in [2.05, 4.69) is 10.3 Å². The number of halogens is 2. The minimum Gasteiger partial charge on any atom is -0.324 e. The molecule has 0 radical (unpaired) electrons. The first-order valence-electron chi connectivity index (χ1n) is 7.73. The molecule has 1 heterocycles. The van der Waals surface area contributed by atoms with Crippen molar-refractivity contribution in [2.75, 3.05) is 5.32 Å². The molecule has 1 aromatic heterocycles. The smallest absolute Gasteiger partial charge is 0.261 e. The topological polar surface area (TPSA) is 64.0 Å². The summed E-state index contributed by atoms with van der Waals surface area (Å²) in [6, 6.07) is 11.9. The normalized spacial score (nSPS) is 10.8. The molecule has 7 heteroatoms. The fourth-order valence-corrected chi connectivity index (χ4v) is 2.86. The summed E-state index contributed by atoms with van der Waals surface area (Å²) in [5.74, 6) is 0.222. The number of anilines is 1.